The molecule has 124 valence electrons. The number of fused-ring (bicyclic) bond motifs is 2. The summed E-state index contributed by atoms with van der Waals surface area (Å²) >= 11 is 1.69. The summed E-state index contributed by atoms with van der Waals surface area (Å²) in [5.41, 5.74) is 0. The molecule has 3 rings (SSSR count). The van der Waals surface area contributed by atoms with Gasteiger partial charge in [0.25, 0.3) is 5.91 Å². The van der Waals surface area contributed by atoms with Gasteiger partial charge in [-0.1, -0.05) is 18.2 Å². The number of amides is 1. The first-order valence-corrected chi connectivity index (χ1v) is 9.30. The number of aliphatic imine (C=N–C) groups is 1. The molecule has 1 aliphatic heterocycles. The Morgan fingerprint density at radius 3 is 2.82 bits per heavy atom. The Morgan fingerprint density at radius 2 is 2.14 bits per heavy atom. The van der Waals surface area contributed by atoms with Crippen LogP contribution in [0.25, 0.3) is 0 Å². The van der Waals surface area contributed by atoms with E-state index >= 15 is 0 Å². The van der Waals surface area contributed by atoms with Gasteiger partial charge in [0.2, 0.25) is 0 Å². The fraction of sp³-hybridized carbons (Fsp3) is 0.882. The van der Waals surface area contributed by atoms with Gasteiger partial charge in [0.1, 0.15) is 4.75 Å². The smallest absolute Gasteiger partial charge is 0.262 e. The van der Waals surface area contributed by atoms with Crippen molar-refractivity contribution in [3.63, 3.8) is 0 Å². The Balaban J connectivity index is 1.45. The Morgan fingerprint density at radius 1 is 1.27 bits per heavy atom. The summed E-state index contributed by atoms with van der Waals surface area (Å²) in [5, 5.41) is 1.07. The van der Waals surface area contributed by atoms with E-state index in [0.717, 1.165) is 35.6 Å². The van der Waals surface area contributed by atoms with Crippen LogP contribution in [-0.2, 0) is 14.3 Å². The van der Waals surface area contributed by atoms with Crippen LogP contribution in [0.4, 0.5) is 0 Å². The predicted octanol–water partition coefficient (Wildman–Crippen LogP) is 3.30. The molecule has 1 heterocycles. The van der Waals surface area contributed by atoms with Gasteiger partial charge >= 0.3 is 0 Å². The minimum absolute atomic E-state index is 0.0333. The van der Waals surface area contributed by atoms with E-state index in [1.165, 1.54) is 25.7 Å². The zero-order valence-corrected chi connectivity index (χ0v) is 14.5. The van der Waals surface area contributed by atoms with Crippen molar-refractivity contribution in [1.82, 2.24) is 0 Å². The standard InChI is InChI=1S/C17H27NO3S/c1-17(5-6-21-8-7-20-2)16(19)18-15(22-17)11-14-10-12-3-4-13(14)9-12/h12-14H,3-11H2,1-2H3/t12-,13+,14-,17?/m1/s1. The fourth-order valence-corrected chi connectivity index (χ4v) is 5.43. The van der Waals surface area contributed by atoms with Crippen LogP contribution in [0, 0.1) is 17.8 Å². The number of rotatable bonds is 8. The van der Waals surface area contributed by atoms with Crippen LogP contribution in [0.15, 0.2) is 4.99 Å². The van der Waals surface area contributed by atoms with E-state index in [9.17, 15) is 4.79 Å². The molecule has 0 saturated heterocycles. The lowest BCUT2D eigenvalue weighted by molar-refractivity contribution is -0.119. The highest BCUT2D eigenvalue weighted by molar-refractivity contribution is 8.16. The second-order valence-corrected chi connectivity index (χ2v) is 8.71. The van der Waals surface area contributed by atoms with Crippen LogP contribution < -0.4 is 0 Å². The predicted molar refractivity (Wildman–Crippen MR) is 89.3 cm³/mol. The van der Waals surface area contributed by atoms with Gasteiger partial charge in [0.05, 0.1) is 18.3 Å². The third kappa shape index (κ3) is 3.57. The van der Waals surface area contributed by atoms with Gasteiger partial charge in [-0.05, 0) is 56.8 Å². The monoisotopic (exact) mass is 325 g/mol. The maximum atomic E-state index is 12.3. The number of nitrogens with zero attached hydrogens (tertiary/aromatic N) is 1. The van der Waals surface area contributed by atoms with E-state index in [4.69, 9.17) is 9.47 Å². The molecule has 2 bridgehead atoms. The fourth-order valence-electron chi connectivity index (χ4n) is 4.17. The zero-order valence-electron chi connectivity index (χ0n) is 13.7. The molecule has 0 spiro atoms. The summed E-state index contributed by atoms with van der Waals surface area (Å²) in [7, 11) is 1.66. The molecule has 0 aromatic heterocycles. The van der Waals surface area contributed by atoms with Gasteiger partial charge in [0, 0.05) is 13.7 Å². The average molecular weight is 325 g/mol. The van der Waals surface area contributed by atoms with Crippen molar-refractivity contribution in [2.45, 2.75) is 50.2 Å². The number of thioether (sulfide) groups is 1. The highest BCUT2D eigenvalue weighted by atomic mass is 32.2. The van der Waals surface area contributed by atoms with Crippen molar-refractivity contribution in [3.8, 4) is 0 Å². The lowest BCUT2D eigenvalue weighted by atomic mass is 9.87. The Bertz CT molecular complexity index is 453. The molecular weight excluding hydrogens is 298 g/mol. The Kier molecular flexibility index (Phi) is 5.25. The lowest BCUT2D eigenvalue weighted by Crippen LogP contribution is -2.29. The first-order chi connectivity index (χ1) is 10.6. The third-order valence-corrected chi connectivity index (χ3v) is 6.82. The maximum absolute atomic E-state index is 12.3. The second kappa shape index (κ2) is 7.02. The van der Waals surface area contributed by atoms with E-state index < -0.39 is 4.75 Å². The molecule has 5 heteroatoms. The number of carbonyl (C=O) groups is 1. The quantitative estimate of drug-likeness (QED) is 0.643. The van der Waals surface area contributed by atoms with Crippen LogP contribution in [0.2, 0.25) is 0 Å². The Labute approximate surface area is 137 Å². The van der Waals surface area contributed by atoms with Crippen molar-refractivity contribution in [2.24, 2.45) is 22.7 Å². The van der Waals surface area contributed by atoms with E-state index in [1.54, 1.807) is 18.9 Å². The molecule has 1 amide bonds. The van der Waals surface area contributed by atoms with E-state index in [0.29, 0.717) is 19.8 Å². The zero-order chi connectivity index (χ0) is 15.6. The van der Waals surface area contributed by atoms with Gasteiger partial charge in [-0.2, -0.15) is 0 Å². The largest absolute Gasteiger partial charge is 0.382 e. The number of methoxy groups -OCH3 is 1. The SMILES string of the molecule is COCCOCCC1(C)SC(C[C@H]2C[C@@H]3CC[C@H]2C3)=NC1=O. The average Bonchev–Trinajstić information content (AvgIpc) is 3.15. The van der Waals surface area contributed by atoms with Crippen LogP contribution in [0.1, 0.15) is 45.4 Å². The molecule has 3 aliphatic rings. The molecule has 0 aromatic rings. The minimum Gasteiger partial charge on any atom is -0.382 e. The van der Waals surface area contributed by atoms with Crippen LogP contribution in [-0.4, -0.2) is 42.6 Å². The topological polar surface area (TPSA) is 47.9 Å². The van der Waals surface area contributed by atoms with E-state index in [1.807, 2.05) is 6.92 Å². The van der Waals surface area contributed by atoms with Crippen molar-refractivity contribution in [3.05, 3.63) is 0 Å². The molecule has 4 nitrogen and oxygen atoms in total. The van der Waals surface area contributed by atoms with Crippen molar-refractivity contribution < 1.29 is 14.3 Å². The molecule has 22 heavy (non-hydrogen) atoms. The molecule has 0 radical (unpaired) electrons. The highest BCUT2D eigenvalue weighted by Gasteiger charge is 2.44. The summed E-state index contributed by atoms with van der Waals surface area (Å²) in [6.45, 7) is 3.79. The number of hydrogen-bond acceptors (Lipinski definition) is 4. The van der Waals surface area contributed by atoms with Gasteiger partial charge in [-0.3, -0.25) is 4.79 Å². The molecule has 0 aromatic carbocycles. The maximum Gasteiger partial charge on any atom is 0.262 e. The molecule has 0 N–H and O–H groups in total. The summed E-state index contributed by atoms with van der Waals surface area (Å²) in [4.78, 5) is 16.6. The van der Waals surface area contributed by atoms with Crippen LogP contribution >= 0.6 is 11.8 Å². The van der Waals surface area contributed by atoms with Crippen LogP contribution in [0.5, 0.6) is 0 Å². The molecule has 2 aliphatic carbocycles. The second-order valence-electron chi connectivity index (χ2n) is 7.14. The van der Waals surface area contributed by atoms with Gasteiger partial charge in [0.15, 0.2) is 0 Å². The normalized spacial score (nSPS) is 37.1. The third-order valence-electron chi connectivity index (χ3n) is 5.50. The number of ether oxygens (including phenoxy) is 2. The molecule has 4 atom stereocenters. The first-order valence-electron chi connectivity index (χ1n) is 8.48. The summed E-state index contributed by atoms with van der Waals surface area (Å²) in [6.07, 6.45) is 7.35. The summed E-state index contributed by atoms with van der Waals surface area (Å²) < 4.78 is 10.1. The first kappa shape index (κ1) is 16.5. The van der Waals surface area contributed by atoms with E-state index in [2.05, 4.69) is 4.99 Å². The van der Waals surface area contributed by atoms with Gasteiger partial charge in [-0.25, -0.2) is 4.99 Å². The van der Waals surface area contributed by atoms with Crippen molar-refractivity contribution in [2.75, 3.05) is 26.9 Å². The van der Waals surface area contributed by atoms with Crippen molar-refractivity contribution >= 4 is 22.7 Å². The van der Waals surface area contributed by atoms with Gasteiger partial charge < -0.3 is 9.47 Å². The molecule has 2 fully saturated rings. The van der Waals surface area contributed by atoms with Crippen LogP contribution in [0.3, 0.4) is 0 Å². The molecular formula is C17H27NO3S. The Hall–Kier alpha value is -0.390. The van der Waals surface area contributed by atoms with Crippen molar-refractivity contribution in [1.29, 1.82) is 0 Å². The minimum atomic E-state index is -0.417. The highest BCUT2D eigenvalue weighted by Crippen LogP contribution is 2.51. The van der Waals surface area contributed by atoms with E-state index in [-0.39, 0.29) is 5.91 Å². The lowest BCUT2D eigenvalue weighted by Gasteiger charge is -2.23. The summed E-state index contributed by atoms with van der Waals surface area (Å²) in [5.74, 6) is 2.66. The molecule has 2 saturated carbocycles. The van der Waals surface area contributed by atoms with Gasteiger partial charge in [-0.15, -0.1) is 0 Å². The number of carbonyl (C=O) groups excluding carboxylic acids is 1. The number of hydrogen-bond donors (Lipinski definition) is 0. The molecule has 1 unspecified atom stereocenters. The summed E-state index contributed by atoms with van der Waals surface area (Å²) in [6, 6.07) is 0.